The number of hydrogen-bond donors (Lipinski definition) is 2. The van der Waals surface area contributed by atoms with Gasteiger partial charge in [0, 0.05) is 19.0 Å². The van der Waals surface area contributed by atoms with Crippen LogP contribution in [-0.2, 0) is 4.79 Å². The molecule has 4 nitrogen and oxygen atoms in total. The van der Waals surface area contributed by atoms with Crippen LogP contribution in [0.2, 0.25) is 0 Å². The molecule has 2 aliphatic rings. The van der Waals surface area contributed by atoms with E-state index < -0.39 is 0 Å². The maximum absolute atomic E-state index is 12.1. The number of carbonyl (C=O) groups is 1. The van der Waals surface area contributed by atoms with E-state index in [4.69, 9.17) is 5.73 Å². The van der Waals surface area contributed by atoms with Crippen LogP contribution in [0.5, 0.6) is 0 Å². The van der Waals surface area contributed by atoms with Gasteiger partial charge in [-0.25, -0.2) is 0 Å². The summed E-state index contributed by atoms with van der Waals surface area (Å²) >= 11 is 0. The van der Waals surface area contributed by atoms with Crippen molar-refractivity contribution in [3.8, 4) is 0 Å². The summed E-state index contributed by atoms with van der Waals surface area (Å²) in [4.78, 5) is 14.5. The minimum Gasteiger partial charge on any atom is -0.355 e. The Bertz CT molecular complexity index is 264. The molecule has 3 N–H and O–H groups in total. The van der Waals surface area contributed by atoms with Crippen molar-refractivity contribution < 1.29 is 4.79 Å². The third-order valence-corrected chi connectivity index (χ3v) is 4.47. The van der Waals surface area contributed by atoms with Crippen molar-refractivity contribution in [2.24, 2.45) is 17.6 Å². The molecule has 18 heavy (non-hydrogen) atoms. The lowest BCUT2D eigenvalue weighted by molar-refractivity contribution is -0.126. The largest absolute Gasteiger partial charge is 0.355 e. The molecule has 1 saturated heterocycles. The predicted molar refractivity (Wildman–Crippen MR) is 73.2 cm³/mol. The molecule has 0 spiro atoms. The standard InChI is InChI=1S/C14H27N3O/c15-11-12-5-4-6-13(12)14(18)16-7-10-17-8-2-1-3-9-17/h12-13H,1-11,15H2,(H,16,18). The number of rotatable bonds is 5. The second-order valence-corrected chi connectivity index (χ2v) is 5.73. The first-order valence-corrected chi connectivity index (χ1v) is 7.51. The van der Waals surface area contributed by atoms with Crippen LogP contribution in [0.25, 0.3) is 0 Å². The fourth-order valence-electron chi connectivity index (χ4n) is 3.32. The Kier molecular flexibility index (Phi) is 5.45. The van der Waals surface area contributed by atoms with Crippen LogP contribution in [0.3, 0.4) is 0 Å². The van der Waals surface area contributed by atoms with Crippen LogP contribution in [0.1, 0.15) is 38.5 Å². The van der Waals surface area contributed by atoms with E-state index in [-0.39, 0.29) is 11.8 Å². The van der Waals surface area contributed by atoms with E-state index >= 15 is 0 Å². The predicted octanol–water partition coefficient (Wildman–Crippen LogP) is 0.964. The van der Waals surface area contributed by atoms with Crippen molar-refractivity contribution in [3.63, 3.8) is 0 Å². The van der Waals surface area contributed by atoms with Gasteiger partial charge in [-0.15, -0.1) is 0 Å². The van der Waals surface area contributed by atoms with Crippen molar-refractivity contribution in [3.05, 3.63) is 0 Å². The van der Waals surface area contributed by atoms with Crippen LogP contribution < -0.4 is 11.1 Å². The van der Waals surface area contributed by atoms with Gasteiger partial charge in [0.2, 0.25) is 5.91 Å². The van der Waals surface area contributed by atoms with Gasteiger partial charge in [0.25, 0.3) is 0 Å². The molecule has 1 aliphatic carbocycles. The number of nitrogens with one attached hydrogen (secondary N) is 1. The van der Waals surface area contributed by atoms with E-state index in [2.05, 4.69) is 10.2 Å². The van der Waals surface area contributed by atoms with Gasteiger partial charge in [0.15, 0.2) is 0 Å². The molecular weight excluding hydrogens is 226 g/mol. The molecule has 1 aliphatic heterocycles. The summed E-state index contributed by atoms with van der Waals surface area (Å²) in [7, 11) is 0. The topological polar surface area (TPSA) is 58.4 Å². The van der Waals surface area contributed by atoms with Crippen molar-refractivity contribution in [1.29, 1.82) is 0 Å². The van der Waals surface area contributed by atoms with Crippen LogP contribution in [0, 0.1) is 11.8 Å². The van der Waals surface area contributed by atoms with Crippen molar-refractivity contribution in [2.45, 2.75) is 38.5 Å². The summed E-state index contributed by atoms with van der Waals surface area (Å²) in [6, 6.07) is 0. The Hall–Kier alpha value is -0.610. The molecule has 2 atom stereocenters. The van der Waals surface area contributed by atoms with Gasteiger partial charge >= 0.3 is 0 Å². The summed E-state index contributed by atoms with van der Waals surface area (Å²) < 4.78 is 0. The first-order valence-electron chi connectivity index (χ1n) is 7.51. The quantitative estimate of drug-likeness (QED) is 0.767. The minimum absolute atomic E-state index is 0.177. The van der Waals surface area contributed by atoms with Gasteiger partial charge in [0.05, 0.1) is 0 Å². The summed E-state index contributed by atoms with van der Waals surface area (Å²) in [6.07, 6.45) is 7.30. The number of amides is 1. The summed E-state index contributed by atoms with van der Waals surface area (Å²) in [6.45, 7) is 4.86. The normalized spacial score (nSPS) is 29.4. The molecule has 104 valence electrons. The third kappa shape index (κ3) is 3.69. The van der Waals surface area contributed by atoms with E-state index in [9.17, 15) is 4.79 Å². The lowest BCUT2D eigenvalue weighted by Gasteiger charge is -2.26. The van der Waals surface area contributed by atoms with E-state index in [1.807, 2.05) is 0 Å². The van der Waals surface area contributed by atoms with E-state index in [0.29, 0.717) is 12.5 Å². The zero-order valence-corrected chi connectivity index (χ0v) is 11.4. The highest BCUT2D eigenvalue weighted by atomic mass is 16.1. The van der Waals surface area contributed by atoms with Gasteiger partial charge in [-0.2, -0.15) is 0 Å². The summed E-state index contributed by atoms with van der Waals surface area (Å²) in [5.41, 5.74) is 5.72. The Morgan fingerprint density at radius 1 is 1.17 bits per heavy atom. The molecule has 4 heteroatoms. The fourth-order valence-corrected chi connectivity index (χ4v) is 3.32. The first-order chi connectivity index (χ1) is 8.81. The molecule has 0 bridgehead atoms. The fraction of sp³-hybridized carbons (Fsp3) is 0.929. The van der Waals surface area contributed by atoms with E-state index in [1.165, 1.54) is 32.4 Å². The molecule has 2 rings (SSSR count). The minimum atomic E-state index is 0.177. The number of carbonyl (C=O) groups excluding carboxylic acids is 1. The Balaban J connectivity index is 1.64. The van der Waals surface area contributed by atoms with Gasteiger partial charge < -0.3 is 16.0 Å². The molecule has 0 aromatic heterocycles. The second kappa shape index (κ2) is 7.10. The van der Waals surface area contributed by atoms with Crippen LogP contribution >= 0.6 is 0 Å². The monoisotopic (exact) mass is 253 g/mol. The van der Waals surface area contributed by atoms with E-state index in [0.717, 1.165) is 32.4 Å². The summed E-state index contributed by atoms with van der Waals surface area (Å²) in [5, 5.41) is 3.10. The molecule has 1 heterocycles. The third-order valence-electron chi connectivity index (χ3n) is 4.47. The van der Waals surface area contributed by atoms with Crippen LogP contribution in [0.15, 0.2) is 0 Å². The Morgan fingerprint density at radius 2 is 1.94 bits per heavy atom. The summed E-state index contributed by atoms with van der Waals surface area (Å²) in [5.74, 6) is 0.830. The van der Waals surface area contributed by atoms with Crippen molar-refractivity contribution in [2.75, 3.05) is 32.7 Å². The highest BCUT2D eigenvalue weighted by Gasteiger charge is 2.31. The second-order valence-electron chi connectivity index (χ2n) is 5.73. The van der Waals surface area contributed by atoms with Gasteiger partial charge in [-0.05, 0) is 51.2 Å². The average Bonchev–Trinajstić information content (AvgIpc) is 2.88. The molecule has 2 fully saturated rings. The first kappa shape index (κ1) is 13.8. The molecule has 0 aromatic rings. The lowest BCUT2D eigenvalue weighted by atomic mass is 9.95. The molecule has 2 unspecified atom stereocenters. The van der Waals surface area contributed by atoms with Gasteiger partial charge in [-0.3, -0.25) is 4.79 Å². The molecule has 0 aromatic carbocycles. The highest BCUT2D eigenvalue weighted by molar-refractivity contribution is 5.79. The number of nitrogens with zero attached hydrogens (tertiary/aromatic N) is 1. The van der Waals surface area contributed by atoms with Crippen molar-refractivity contribution >= 4 is 5.91 Å². The average molecular weight is 253 g/mol. The number of piperidine rings is 1. The molecule has 1 amide bonds. The zero-order valence-electron chi connectivity index (χ0n) is 11.4. The SMILES string of the molecule is NCC1CCCC1C(=O)NCCN1CCCCC1. The van der Waals surface area contributed by atoms with Crippen molar-refractivity contribution in [1.82, 2.24) is 10.2 Å². The maximum atomic E-state index is 12.1. The lowest BCUT2D eigenvalue weighted by Crippen LogP contribution is -2.41. The van der Waals surface area contributed by atoms with Crippen LogP contribution in [0.4, 0.5) is 0 Å². The highest BCUT2D eigenvalue weighted by Crippen LogP contribution is 2.30. The number of likely N-dealkylation sites (tertiary alicyclic amines) is 1. The zero-order chi connectivity index (χ0) is 12.8. The maximum Gasteiger partial charge on any atom is 0.223 e. The van der Waals surface area contributed by atoms with Gasteiger partial charge in [0.1, 0.15) is 0 Å². The van der Waals surface area contributed by atoms with E-state index in [1.54, 1.807) is 0 Å². The smallest absolute Gasteiger partial charge is 0.223 e. The Labute approximate surface area is 110 Å². The number of nitrogens with two attached hydrogens (primary N) is 1. The molecule has 0 radical (unpaired) electrons. The Morgan fingerprint density at radius 3 is 2.67 bits per heavy atom. The molecular formula is C14H27N3O. The van der Waals surface area contributed by atoms with Crippen LogP contribution in [-0.4, -0.2) is 43.5 Å². The van der Waals surface area contributed by atoms with Gasteiger partial charge in [-0.1, -0.05) is 12.8 Å². The molecule has 1 saturated carbocycles. The number of hydrogen-bond acceptors (Lipinski definition) is 3.